The largest absolute Gasteiger partial charge is 0.481 e. The number of rotatable bonds is 5. The Morgan fingerprint density at radius 2 is 1.68 bits per heavy atom. The van der Waals surface area contributed by atoms with E-state index in [1.165, 1.54) is 24.5 Å². The van der Waals surface area contributed by atoms with E-state index in [1.807, 2.05) is 0 Å². The van der Waals surface area contributed by atoms with Crippen LogP contribution in [0.3, 0.4) is 0 Å². The minimum atomic E-state index is -4.40. The topological polar surface area (TPSA) is 72.3 Å². The fourth-order valence-electron chi connectivity index (χ4n) is 1.59. The number of halogens is 3. The molecule has 1 aromatic heterocycles. The molecule has 0 spiro atoms. The Morgan fingerprint density at radius 1 is 1.09 bits per heavy atom. The smallest absolute Gasteiger partial charge is 0.416 e. The van der Waals surface area contributed by atoms with Crippen LogP contribution in [0.5, 0.6) is 11.5 Å². The number of carboxylic acids is 1. The lowest BCUT2D eigenvalue weighted by Crippen LogP contribution is -2.04. The van der Waals surface area contributed by atoms with Crippen LogP contribution in [0.25, 0.3) is 0 Å². The number of hydrogen-bond acceptors (Lipinski definition) is 4. The Morgan fingerprint density at radius 3 is 2.18 bits per heavy atom. The lowest BCUT2D eigenvalue weighted by Gasteiger charge is -2.08. The SMILES string of the molecule is O=C(O)CCc1ncc(Oc2ccc(C(F)(F)F)cc2)cn1. The highest BCUT2D eigenvalue weighted by atomic mass is 19.4. The standard InChI is InChI=1S/C14H11F3N2O3/c15-14(16,17)9-1-3-10(4-2-9)22-11-7-18-12(19-8-11)5-6-13(20)21/h1-4,7-8H,5-6H2,(H,20,21). The van der Waals surface area contributed by atoms with Crippen LogP contribution >= 0.6 is 0 Å². The Hall–Kier alpha value is -2.64. The monoisotopic (exact) mass is 312 g/mol. The molecule has 2 rings (SSSR count). The van der Waals surface area contributed by atoms with Gasteiger partial charge in [-0.15, -0.1) is 0 Å². The number of ether oxygens (including phenoxy) is 1. The molecule has 0 aliphatic rings. The van der Waals surface area contributed by atoms with E-state index in [9.17, 15) is 18.0 Å². The zero-order valence-electron chi connectivity index (χ0n) is 11.2. The van der Waals surface area contributed by atoms with Gasteiger partial charge in [0.15, 0.2) is 5.75 Å². The maximum Gasteiger partial charge on any atom is 0.416 e. The minimum Gasteiger partial charge on any atom is -0.481 e. The number of carbonyl (C=O) groups is 1. The van der Waals surface area contributed by atoms with Crippen LogP contribution in [-0.4, -0.2) is 21.0 Å². The predicted molar refractivity (Wildman–Crippen MR) is 69.5 cm³/mol. The van der Waals surface area contributed by atoms with Crippen LogP contribution in [0, 0.1) is 0 Å². The first-order valence-corrected chi connectivity index (χ1v) is 6.22. The van der Waals surface area contributed by atoms with Gasteiger partial charge in [-0.25, -0.2) is 9.97 Å². The molecule has 0 amide bonds. The normalized spacial score (nSPS) is 11.2. The van der Waals surface area contributed by atoms with Crippen molar-refractivity contribution in [3.63, 3.8) is 0 Å². The second kappa shape index (κ2) is 6.42. The predicted octanol–water partition coefficient (Wildman–Crippen LogP) is 3.30. The number of aryl methyl sites for hydroxylation is 1. The molecule has 0 saturated heterocycles. The van der Waals surface area contributed by atoms with Crippen LogP contribution in [0.2, 0.25) is 0 Å². The lowest BCUT2D eigenvalue weighted by atomic mass is 10.2. The first-order chi connectivity index (χ1) is 10.3. The van der Waals surface area contributed by atoms with E-state index >= 15 is 0 Å². The number of benzene rings is 1. The van der Waals surface area contributed by atoms with Gasteiger partial charge in [-0.2, -0.15) is 13.2 Å². The summed E-state index contributed by atoms with van der Waals surface area (Å²) in [5.41, 5.74) is -0.764. The number of carboxylic acid groups (broad SMARTS) is 1. The molecule has 116 valence electrons. The van der Waals surface area contributed by atoms with E-state index in [4.69, 9.17) is 9.84 Å². The summed E-state index contributed by atoms with van der Waals surface area (Å²) in [4.78, 5) is 18.3. The molecule has 0 atom stereocenters. The molecule has 22 heavy (non-hydrogen) atoms. The van der Waals surface area contributed by atoms with Crippen molar-refractivity contribution in [3.05, 3.63) is 48.0 Å². The third-order valence-electron chi connectivity index (χ3n) is 2.66. The summed E-state index contributed by atoms with van der Waals surface area (Å²) in [6.07, 6.45) is -1.62. The zero-order chi connectivity index (χ0) is 16.2. The van der Waals surface area contributed by atoms with Crippen LogP contribution in [0.15, 0.2) is 36.7 Å². The van der Waals surface area contributed by atoms with Crippen molar-refractivity contribution in [1.29, 1.82) is 0 Å². The summed E-state index contributed by atoms with van der Waals surface area (Å²) in [5.74, 6) is -0.135. The molecule has 8 heteroatoms. The first kappa shape index (κ1) is 15.7. The summed E-state index contributed by atoms with van der Waals surface area (Å²) in [5, 5.41) is 8.54. The van der Waals surface area contributed by atoms with Gasteiger partial charge in [0.05, 0.1) is 24.4 Å². The minimum absolute atomic E-state index is 0.0842. The fourth-order valence-corrected chi connectivity index (χ4v) is 1.59. The molecular weight excluding hydrogens is 301 g/mol. The Labute approximate surface area is 123 Å². The highest BCUT2D eigenvalue weighted by molar-refractivity contribution is 5.66. The van der Waals surface area contributed by atoms with Gasteiger partial charge in [0.25, 0.3) is 0 Å². The van der Waals surface area contributed by atoms with Crippen LogP contribution in [-0.2, 0) is 17.4 Å². The number of nitrogens with zero attached hydrogens (tertiary/aromatic N) is 2. The van der Waals surface area contributed by atoms with Gasteiger partial charge in [0.2, 0.25) is 0 Å². The van der Waals surface area contributed by atoms with Crippen molar-refractivity contribution < 1.29 is 27.8 Å². The number of aromatic nitrogens is 2. The third kappa shape index (κ3) is 4.44. The quantitative estimate of drug-likeness (QED) is 0.917. The van der Waals surface area contributed by atoms with Gasteiger partial charge in [0, 0.05) is 6.42 Å². The molecule has 0 aliphatic carbocycles. The zero-order valence-corrected chi connectivity index (χ0v) is 11.2. The van der Waals surface area contributed by atoms with Gasteiger partial charge < -0.3 is 9.84 Å². The van der Waals surface area contributed by atoms with Crippen molar-refractivity contribution in [2.75, 3.05) is 0 Å². The van der Waals surface area contributed by atoms with Crippen molar-refractivity contribution >= 4 is 5.97 Å². The van der Waals surface area contributed by atoms with Crippen LogP contribution in [0.1, 0.15) is 17.8 Å². The molecule has 1 aromatic carbocycles. The van der Waals surface area contributed by atoms with E-state index in [-0.39, 0.29) is 24.3 Å². The summed E-state index contributed by atoms with van der Waals surface area (Å²) in [6.45, 7) is 0. The highest BCUT2D eigenvalue weighted by Gasteiger charge is 2.30. The molecule has 0 bridgehead atoms. The van der Waals surface area contributed by atoms with Gasteiger partial charge >= 0.3 is 12.1 Å². The highest BCUT2D eigenvalue weighted by Crippen LogP contribution is 2.31. The van der Waals surface area contributed by atoms with Gasteiger partial charge in [0.1, 0.15) is 11.6 Å². The Bertz CT molecular complexity index is 640. The number of hydrogen-bond donors (Lipinski definition) is 1. The second-order valence-electron chi connectivity index (χ2n) is 4.35. The summed E-state index contributed by atoms with van der Waals surface area (Å²) < 4.78 is 42.6. The number of aliphatic carboxylic acids is 1. The van der Waals surface area contributed by atoms with Gasteiger partial charge in [-0.05, 0) is 24.3 Å². The molecule has 0 saturated carbocycles. The summed E-state index contributed by atoms with van der Waals surface area (Å²) >= 11 is 0. The van der Waals surface area contributed by atoms with Crippen LogP contribution < -0.4 is 4.74 Å². The van der Waals surface area contributed by atoms with E-state index in [0.717, 1.165) is 12.1 Å². The summed E-state index contributed by atoms with van der Waals surface area (Å²) in [7, 11) is 0. The molecule has 0 unspecified atom stereocenters. The van der Waals surface area contributed by atoms with Crippen molar-refractivity contribution in [2.45, 2.75) is 19.0 Å². The second-order valence-corrected chi connectivity index (χ2v) is 4.35. The fraction of sp³-hybridized carbons (Fsp3) is 0.214. The number of alkyl halides is 3. The first-order valence-electron chi connectivity index (χ1n) is 6.22. The average Bonchev–Trinajstić information content (AvgIpc) is 2.46. The van der Waals surface area contributed by atoms with E-state index in [1.54, 1.807) is 0 Å². The Balaban J connectivity index is 2.00. The summed E-state index contributed by atoms with van der Waals surface area (Å²) in [6, 6.07) is 4.22. The average molecular weight is 312 g/mol. The Kier molecular flexibility index (Phi) is 4.59. The molecule has 2 aromatic rings. The molecule has 5 nitrogen and oxygen atoms in total. The molecular formula is C14H11F3N2O3. The molecule has 1 heterocycles. The third-order valence-corrected chi connectivity index (χ3v) is 2.66. The van der Waals surface area contributed by atoms with Gasteiger partial charge in [-0.1, -0.05) is 0 Å². The molecule has 0 fully saturated rings. The van der Waals surface area contributed by atoms with Crippen LogP contribution in [0.4, 0.5) is 13.2 Å². The van der Waals surface area contributed by atoms with Gasteiger partial charge in [-0.3, -0.25) is 4.79 Å². The lowest BCUT2D eigenvalue weighted by molar-refractivity contribution is -0.138. The van der Waals surface area contributed by atoms with E-state index in [0.29, 0.717) is 5.82 Å². The maximum absolute atomic E-state index is 12.4. The van der Waals surface area contributed by atoms with Crippen molar-refractivity contribution in [2.24, 2.45) is 0 Å². The van der Waals surface area contributed by atoms with E-state index in [2.05, 4.69) is 9.97 Å². The molecule has 1 N–H and O–H groups in total. The molecule has 0 aliphatic heterocycles. The maximum atomic E-state index is 12.4. The van der Waals surface area contributed by atoms with Crippen molar-refractivity contribution in [1.82, 2.24) is 9.97 Å². The molecule has 0 radical (unpaired) electrons. The van der Waals surface area contributed by atoms with E-state index < -0.39 is 17.7 Å². The van der Waals surface area contributed by atoms with Crippen molar-refractivity contribution in [3.8, 4) is 11.5 Å².